The number of aliphatic hydroxyl groups is 4. The van der Waals surface area contributed by atoms with E-state index in [0.717, 1.165) is 0 Å². The summed E-state index contributed by atoms with van der Waals surface area (Å²) in [6, 6.07) is 18.3. The Morgan fingerprint density at radius 2 is 1.66 bits per heavy atom. The first-order valence-corrected chi connectivity index (χ1v) is 12.8. The number of aliphatic hydroxyl groups excluding tert-OH is 4. The van der Waals surface area contributed by atoms with Gasteiger partial charge < -0.3 is 46.3 Å². The second kappa shape index (κ2) is 12.9. The Labute approximate surface area is 235 Å². The van der Waals surface area contributed by atoms with Gasteiger partial charge in [-0.2, -0.15) is 0 Å². The first-order chi connectivity index (χ1) is 19.6. The number of amidine groups is 1. The summed E-state index contributed by atoms with van der Waals surface area (Å²) in [6.45, 7) is 0.809. The molecule has 1 aliphatic heterocycles. The molecule has 6 unspecified atom stereocenters. The van der Waals surface area contributed by atoms with E-state index in [-0.39, 0.29) is 17.4 Å². The SMILES string of the molecule is CC(=O)c1ccc(NC(=O)C(Nc2cccc(C(=N)N)c2)c2ccccc2OC2OC(CO)C(O)C(O)C2O)cc1. The lowest BCUT2D eigenvalue weighted by Gasteiger charge is -2.39. The van der Waals surface area contributed by atoms with Gasteiger partial charge in [-0.3, -0.25) is 15.0 Å². The van der Waals surface area contributed by atoms with Crippen molar-refractivity contribution in [3.8, 4) is 5.75 Å². The van der Waals surface area contributed by atoms with Crippen LogP contribution in [0.5, 0.6) is 5.75 Å². The highest BCUT2D eigenvalue weighted by Crippen LogP contribution is 2.32. The number of amides is 1. The summed E-state index contributed by atoms with van der Waals surface area (Å²) < 4.78 is 11.4. The summed E-state index contributed by atoms with van der Waals surface area (Å²) in [5.41, 5.74) is 7.77. The highest BCUT2D eigenvalue weighted by Gasteiger charge is 2.45. The van der Waals surface area contributed by atoms with Crippen LogP contribution in [0.4, 0.5) is 11.4 Å². The fourth-order valence-electron chi connectivity index (χ4n) is 4.35. The lowest BCUT2D eigenvalue weighted by molar-refractivity contribution is -0.277. The molecule has 12 nitrogen and oxygen atoms in total. The minimum Gasteiger partial charge on any atom is -0.462 e. The van der Waals surface area contributed by atoms with E-state index in [1.807, 2.05) is 0 Å². The van der Waals surface area contributed by atoms with Gasteiger partial charge >= 0.3 is 0 Å². The van der Waals surface area contributed by atoms with Gasteiger partial charge in [0.1, 0.15) is 42.0 Å². The summed E-state index contributed by atoms with van der Waals surface area (Å²) in [7, 11) is 0. The number of nitrogen functional groups attached to an aromatic ring is 1. The molecule has 41 heavy (non-hydrogen) atoms. The molecule has 3 aromatic rings. The predicted octanol–water partition coefficient (Wildman–Crippen LogP) is 1.14. The van der Waals surface area contributed by atoms with Crippen molar-refractivity contribution >= 4 is 28.9 Å². The van der Waals surface area contributed by atoms with Gasteiger partial charge in [-0.15, -0.1) is 0 Å². The van der Waals surface area contributed by atoms with E-state index in [0.29, 0.717) is 28.1 Å². The van der Waals surface area contributed by atoms with Crippen LogP contribution in [-0.4, -0.2) is 75.3 Å². The van der Waals surface area contributed by atoms with Crippen molar-refractivity contribution in [1.29, 1.82) is 5.41 Å². The largest absolute Gasteiger partial charge is 0.462 e. The van der Waals surface area contributed by atoms with Crippen molar-refractivity contribution < 1.29 is 39.5 Å². The average Bonchev–Trinajstić information content (AvgIpc) is 2.97. The van der Waals surface area contributed by atoms with Crippen LogP contribution in [0.2, 0.25) is 0 Å². The predicted molar refractivity (Wildman–Crippen MR) is 150 cm³/mol. The van der Waals surface area contributed by atoms with Gasteiger partial charge in [-0.1, -0.05) is 30.3 Å². The molecule has 0 aliphatic carbocycles. The standard InChI is InChI=1S/C29H32N4O8/c1-15(35)16-9-11-18(12-10-16)33-28(39)23(32-19-6-4-5-17(13-19)27(30)31)20-7-2-3-8-21(20)40-29-26(38)25(37)24(36)22(14-34)41-29/h2-13,22-26,29,32,34,36-38H,14H2,1H3,(H3,30,31)(H,33,39). The molecule has 1 amide bonds. The molecular formula is C29H32N4O8. The third-order valence-corrected chi connectivity index (χ3v) is 6.63. The smallest absolute Gasteiger partial charge is 0.251 e. The number of rotatable bonds is 10. The maximum Gasteiger partial charge on any atom is 0.251 e. The number of Topliss-reactive ketones (excluding diaryl/α,β-unsaturated/α-hetero) is 1. The van der Waals surface area contributed by atoms with Gasteiger partial charge in [-0.25, -0.2) is 0 Å². The lowest BCUT2D eigenvalue weighted by atomic mass is 9.99. The Kier molecular flexibility index (Phi) is 9.32. The van der Waals surface area contributed by atoms with Crippen LogP contribution in [0.15, 0.2) is 72.8 Å². The molecule has 3 aromatic carbocycles. The number of ether oxygens (including phenoxy) is 2. The molecule has 0 saturated carbocycles. The second-order valence-electron chi connectivity index (χ2n) is 9.55. The third kappa shape index (κ3) is 6.88. The molecule has 4 rings (SSSR count). The molecule has 9 N–H and O–H groups in total. The molecular weight excluding hydrogens is 532 g/mol. The van der Waals surface area contributed by atoms with Gasteiger partial charge in [0.15, 0.2) is 5.78 Å². The normalized spacial score (nSPS) is 22.8. The first-order valence-electron chi connectivity index (χ1n) is 12.8. The molecule has 1 heterocycles. The Balaban J connectivity index is 1.68. The maximum atomic E-state index is 13.7. The van der Waals surface area contributed by atoms with Crippen LogP contribution in [-0.2, 0) is 9.53 Å². The van der Waals surface area contributed by atoms with E-state index in [2.05, 4.69) is 10.6 Å². The van der Waals surface area contributed by atoms with Crippen LogP contribution in [0.25, 0.3) is 0 Å². The zero-order valence-electron chi connectivity index (χ0n) is 22.1. The first kappa shape index (κ1) is 29.6. The van der Waals surface area contributed by atoms with E-state index in [4.69, 9.17) is 20.6 Å². The maximum absolute atomic E-state index is 13.7. The van der Waals surface area contributed by atoms with Crippen LogP contribution in [0.1, 0.15) is 34.5 Å². The molecule has 0 spiro atoms. The zero-order chi connectivity index (χ0) is 29.7. The Bertz CT molecular complexity index is 1400. The lowest BCUT2D eigenvalue weighted by Crippen LogP contribution is -2.60. The minimum atomic E-state index is -1.66. The van der Waals surface area contributed by atoms with E-state index in [1.165, 1.54) is 13.0 Å². The van der Waals surface area contributed by atoms with Gasteiger partial charge in [0.2, 0.25) is 6.29 Å². The number of anilines is 2. The van der Waals surface area contributed by atoms with Crippen molar-refractivity contribution in [3.05, 3.63) is 89.5 Å². The monoisotopic (exact) mass is 564 g/mol. The van der Waals surface area contributed by atoms with Crippen molar-refractivity contribution in [2.45, 2.75) is 43.7 Å². The van der Waals surface area contributed by atoms with E-state index < -0.39 is 49.3 Å². The fourth-order valence-corrected chi connectivity index (χ4v) is 4.35. The third-order valence-electron chi connectivity index (χ3n) is 6.63. The summed E-state index contributed by atoms with van der Waals surface area (Å²) >= 11 is 0. The molecule has 216 valence electrons. The van der Waals surface area contributed by atoms with Crippen LogP contribution >= 0.6 is 0 Å². The molecule has 1 fully saturated rings. The summed E-state index contributed by atoms with van der Waals surface area (Å²) in [6.07, 6.45) is -7.53. The van der Waals surface area contributed by atoms with Crippen LogP contribution in [0, 0.1) is 5.41 Å². The van der Waals surface area contributed by atoms with E-state index >= 15 is 0 Å². The van der Waals surface area contributed by atoms with Crippen LogP contribution in [0.3, 0.4) is 0 Å². The number of carbonyl (C=O) groups is 2. The molecule has 1 aliphatic rings. The number of hydrogen-bond acceptors (Lipinski definition) is 10. The zero-order valence-corrected chi connectivity index (χ0v) is 22.1. The number of nitrogens with two attached hydrogens (primary N) is 1. The van der Waals surface area contributed by atoms with Gasteiger partial charge in [0.05, 0.1) is 6.61 Å². The number of carbonyl (C=O) groups excluding carboxylic acids is 2. The van der Waals surface area contributed by atoms with Crippen LogP contribution < -0.4 is 21.1 Å². The highest BCUT2D eigenvalue weighted by molar-refractivity contribution is 5.99. The topological polar surface area (TPSA) is 207 Å². The second-order valence-corrected chi connectivity index (χ2v) is 9.55. The van der Waals surface area contributed by atoms with Crippen molar-refractivity contribution in [2.24, 2.45) is 5.73 Å². The molecule has 12 heteroatoms. The Morgan fingerprint density at radius 3 is 2.32 bits per heavy atom. The quantitative estimate of drug-likeness (QED) is 0.100. The molecule has 0 aromatic heterocycles. The number of nitrogens with one attached hydrogen (secondary N) is 3. The fraction of sp³-hybridized carbons (Fsp3) is 0.276. The molecule has 0 bridgehead atoms. The number of ketones is 1. The number of hydrogen-bond donors (Lipinski definition) is 8. The van der Waals surface area contributed by atoms with E-state index in [1.54, 1.807) is 66.7 Å². The van der Waals surface area contributed by atoms with Gasteiger partial charge in [0.25, 0.3) is 5.91 Å². The minimum absolute atomic E-state index is 0.110. The highest BCUT2D eigenvalue weighted by atomic mass is 16.7. The van der Waals surface area contributed by atoms with Crippen molar-refractivity contribution in [2.75, 3.05) is 17.2 Å². The van der Waals surface area contributed by atoms with Crippen molar-refractivity contribution in [3.63, 3.8) is 0 Å². The number of benzene rings is 3. The average molecular weight is 565 g/mol. The Morgan fingerprint density at radius 1 is 0.951 bits per heavy atom. The molecule has 0 radical (unpaired) electrons. The summed E-state index contributed by atoms with van der Waals surface area (Å²) in [5, 5.41) is 54.1. The van der Waals surface area contributed by atoms with Gasteiger partial charge in [0, 0.05) is 28.1 Å². The van der Waals surface area contributed by atoms with Crippen molar-refractivity contribution in [1.82, 2.24) is 0 Å². The Hall–Kier alpha value is -4.33. The molecule has 6 atom stereocenters. The van der Waals surface area contributed by atoms with Gasteiger partial charge in [-0.05, 0) is 49.4 Å². The van der Waals surface area contributed by atoms with E-state index in [9.17, 15) is 30.0 Å². The molecule has 1 saturated heterocycles. The summed E-state index contributed by atoms with van der Waals surface area (Å²) in [4.78, 5) is 25.4. The number of para-hydroxylation sites is 1. The summed E-state index contributed by atoms with van der Waals surface area (Å²) in [5.74, 6) is -0.684.